The highest BCUT2D eigenvalue weighted by molar-refractivity contribution is 14.1. The first-order chi connectivity index (χ1) is 12.7. The van der Waals surface area contributed by atoms with E-state index in [0.717, 1.165) is 35.3 Å². The van der Waals surface area contributed by atoms with Crippen LogP contribution < -0.4 is 5.32 Å². The minimum Gasteiger partial charge on any atom is -0.298 e. The van der Waals surface area contributed by atoms with Gasteiger partial charge >= 0.3 is 0 Å². The van der Waals surface area contributed by atoms with Gasteiger partial charge < -0.3 is 0 Å². The summed E-state index contributed by atoms with van der Waals surface area (Å²) in [7, 11) is 0. The Balaban J connectivity index is 1.43. The quantitative estimate of drug-likeness (QED) is 0.563. The van der Waals surface area contributed by atoms with E-state index in [2.05, 4.69) is 62.1 Å². The molecule has 1 aliphatic heterocycles. The first-order valence-electron chi connectivity index (χ1n) is 8.49. The van der Waals surface area contributed by atoms with E-state index in [1.165, 1.54) is 10.4 Å². The number of aromatic nitrogens is 1. The van der Waals surface area contributed by atoms with Crippen LogP contribution >= 0.6 is 33.9 Å². The SMILES string of the molecule is O=C(Nc1nc2c(s1)CN(Cc1ccccc1)CC2)c1cccc(I)c1. The van der Waals surface area contributed by atoms with E-state index in [1.807, 2.05) is 30.3 Å². The van der Waals surface area contributed by atoms with E-state index in [-0.39, 0.29) is 5.91 Å². The summed E-state index contributed by atoms with van der Waals surface area (Å²) in [5.74, 6) is -0.101. The van der Waals surface area contributed by atoms with E-state index < -0.39 is 0 Å². The van der Waals surface area contributed by atoms with Crippen LogP contribution in [0.2, 0.25) is 0 Å². The third kappa shape index (κ3) is 4.13. The molecule has 0 saturated heterocycles. The van der Waals surface area contributed by atoms with Crippen molar-refractivity contribution in [2.75, 3.05) is 11.9 Å². The molecule has 2 aromatic carbocycles. The fraction of sp³-hybridized carbons (Fsp3) is 0.200. The second-order valence-corrected chi connectivity index (χ2v) is 8.63. The first-order valence-corrected chi connectivity index (χ1v) is 10.4. The van der Waals surface area contributed by atoms with E-state index in [1.54, 1.807) is 11.3 Å². The van der Waals surface area contributed by atoms with Crippen LogP contribution in [-0.4, -0.2) is 22.3 Å². The number of hydrogen-bond donors (Lipinski definition) is 1. The molecule has 4 nitrogen and oxygen atoms in total. The van der Waals surface area contributed by atoms with Crippen molar-refractivity contribution in [2.45, 2.75) is 19.5 Å². The van der Waals surface area contributed by atoms with Gasteiger partial charge in [0.15, 0.2) is 5.13 Å². The van der Waals surface area contributed by atoms with Crippen molar-refractivity contribution in [2.24, 2.45) is 0 Å². The average Bonchev–Trinajstić information content (AvgIpc) is 3.04. The Morgan fingerprint density at radius 2 is 2.04 bits per heavy atom. The molecule has 132 valence electrons. The maximum atomic E-state index is 12.4. The number of halogens is 1. The van der Waals surface area contributed by atoms with Crippen molar-refractivity contribution in [3.05, 3.63) is 79.9 Å². The van der Waals surface area contributed by atoms with Gasteiger partial charge in [0.1, 0.15) is 0 Å². The summed E-state index contributed by atoms with van der Waals surface area (Å²) < 4.78 is 1.05. The van der Waals surface area contributed by atoms with Gasteiger partial charge in [-0.15, -0.1) is 11.3 Å². The second-order valence-electron chi connectivity index (χ2n) is 6.30. The van der Waals surface area contributed by atoms with Crippen molar-refractivity contribution in [3.8, 4) is 0 Å². The number of carbonyl (C=O) groups excluding carboxylic acids is 1. The molecule has 1 amide bonds. The van der Waals surface area contributed by atoms with Gasteiger partial charge in [-0.05, 0) is 46.4 Å². The molecule has 3 aromatic rings. The van der Waals surface area contributed by atoms with E-state index in [4.69, 9.17) is 0 Å². The lowest BCUT2D eigenvalue weighted by Gasteiger charge is -2.25. The number of hydrogen-bond acceptors (Lipinski definition) is 4. The Morgan fingerprint density at radius 3 is 2.85 bits per heavy atom. The maximum absolute atomic E-state index is 12.4. The van der Waals surface area contributed by atoms with Crippen LogP contribution in [0.25, 0.3) is 0 Å². The summed E-state index contributed by atoms with van der Waals surface area (Å²) in [6.07, 6.45) is 0.928. The lowest BCUT2D eigenvalue weighted by Crippen LogP contribution is -2.29. The highest BCUT2D eigenvalue weighted by Gasteiger charge is 2.21. The summed E-state index contributed by atoms with van der Waals surface area (Å²) in [4.78, 5) is 20.8. The van der Waals surface area contributed by atoms with Gasteiger partial charge in [-0.25, -0.2) is 4.98 Å². The van der Waals surface area contributed by atoms with Gasteiger partial charge in [0.25, 0.3) is 5.91 Å². The van der Waals surface area contributed by atoms with Gasteiger partial charge in [0.2, 0.25) is 0 Å². The molecule has 0 bridgehead atoms. The Kier molecular flexibility index (Phi) is 5.33. The molecule has 0 aliphatic carbocycles. The van der Waals surface area contributed by atoms with Crippen molar-refractivity contribution in [1.82, 2.24) is 9.88 Å². The Bertz CT molecular complexity index is 926. The smallest absolute Gasteiger partial charge is 0.257 e. The molecule has 1 aliphatic rings. The van der Waals surface area contributed by atoms with Crippen LogP contribution in [0.4, 0.5) is 5.13 Å². The number of thiazole rings is 1. The van der Waals surface area contributed by atoms with Crippen LogP contribution in [0.3, 0.4) is 0 Å². The number of benzene rings is 2. The van der Waals surface area contributed by atoms with Crippen LogP contribution in [0.1, 0.15) is 26.5 Å². The number of nitrogens with zero attached hydrogens (tertiary/aromatic N) is 2. The second kappa shape index (κ2) is 7.85. The topological polar surface area (TPSA) is 45.2 Å². The first kappa shape index (κ1) is 17.6. The zero-order valence-corrected chi connectivity index (χ0v) is 17.1. The summed E-state index contributed by atoms with van der Waals surface area (Å²) in [6.45, 7) is 2.83. The molecule has 2 heterocycles. The minimum atomic E-state index is -0.101. The average molecular weight is 475 g/mol. The van der Waals surface area contributed by atoms with Crippen molar-refractivity contribution < 1.29 is 4.79 Å². The molecule has 0 unspecified atom stereocenters. The molecular weight excluding hydrogens is 457 g/mol. The summed E-state index contributed by atoms with van der Waals surface area (Å²) >= 11 is 3.80. The highest BCUT2D eigenvalue weighted by Crippen LogP contribution is 2.29. The summed E-state index contributed by atoms with van der Waals surface area (Å²) in [5, 5.41) is 3.65. The van der Waals surface area contributed by atoms with E-state index >= 15 is 0 Å². The predicted molar refractivity (Wildman–Crippen MR) is 113 cm³/mol. The molecule has 0 saturated carbocycles. The maximum Gasteiger partial charge on any atom is 0.257 e. The largest absolute Gasteiger partial charge is 0.298 e. The van der Waals surface area contributed by atoms with E-state index in [9.17, 15) is 4.79 Å². The minimum absolute atomic E-state index is 0.101. The standard InChI is InChI=1S/C20H18IN3OS/c21-16-8-4-7-15(11-16)19(25)23-20-22-17-9-10-24(13-18(17)26-20)12-14-5-2-1-3-6-14/h1-8,11H,9-10,12-13H2,(H,22,23,25). The zero-order valence-electron chi connectivity index (χ0n) is 14.1. The molecule has 0 spiro atoms. The zero-order chi connectivity index (χ0) is 17.9. The number of nitrogens with one attached hydrogen (secondary N) is 1. The van der Waals surface area contributed by atoms with Gasteiger partial charge in [-0.1, -0.05) is 36.4 Å². The number of carbonyl (C=O) groups is 1. The molecule has 0 radical (unpaired) electrons. The normalized spacial score (nSPS) is 14.0. The predicted octanol–water partition coefficient (Wildman–Crippen LogP) is 4.56. The van der Waals surface area contributed by atoms with Gasteiger partial charge in [0.05, 0.1) is 5.69 Å². The van der Waals surface area contributed by atoms with Gasteiger partial charge in [0, 0.05) is 40.1 Å². The number of amides is 1. The van der Waals surface area contributed by atoms with E-state index in [0.29, 0.717) is 10.7 Å². The number of fused-ring (bicyclic) bond motifs is 1. The summed E-state index contributed by atoms with van der Waals surface area (Å²) in [6, 6.07) is 18.1. The van der Waals surface area contributed by atoms with Crippen molar-refractivity contribution >= 4 is 45.0 Å². The highest BCUT2D eigenvalue weighted by atomic mass is 127. The van der Waals surface area contributed by atoms with Crippen LogP contribution in [0.15, 0.2) is 54.6 Å². The third-order valence-corrected chi connectivity index (χ3v) is 6.04. The molecule has 0 fully saturated rings. The molecular formula is C20H18IN3OS. The van der Waals surface area contributed by atoms with Crippen molar-refractivity contribution in [3.63, 3.8) is 0 Å². The molecule has 26 heavy (non-hydrogen) atoms. The Labute approximate surface area is 170 Å². The lowest BCUT2D eigenvalue weighted by atomic mass is 10.1. The Hall–Kier alpha value is -1.77. The number of anilines is 1. The van der Waals surface area contributed by atoms with Crippen molar-refractivity contribution in [1.29, 1.82) is 0 Å². The van der Waals surface area contributed by atoms with Crippen LogP contribution in [0.5, 0.6) is 0 Å². The fourth-order valence-electron chi connectivity index (χ4n) is 3.08. The third-order valence-electron chi connectivity index (χ3n) is 4.37. The molecule has 1 N–H and O–H groups in total. The molecule has 0 atom stereocenters. The van der Waals surface area contributed by atoms with Gasteiger partial charge in [-0.3, -0.25) is 15.0 Å². The van der Waals surface area contributed by atoms with Gasteiger partial charge in [-0.2, -0.15) is 0 Å². The molecule has 4 rings (SSSR count). The molecule has 6 heteroatoms. The molecule has 1 aromatic heterocycles. The fourth-order valence-corrected chi connectivity index (χ4v) is 4.67. The van der Waals surface area contributed by atoms with Crippen LogP contribution in [0, 0.1) is 3.57 Å². The number of rotatable bonds is 4. The van der Waals surface area contributed by atoms with Crippen LogP contribution in [-0.2, 0) is 19.5 Å². The Morgan fingerprint density at radius 1 is 1.19 bits per heavy atom. The monoisotopic (exact) mass is 475 g/mol. The lowest BCUT2D eigenvalue weighted by molar-refractivity contribution is 0.102. The summed E-state index contributed by atoms with van der Waals surface area (Å²) in [5.41, 5.74) is 3.11.